The van der Waals surface area contributed by atoms with Crippen molar-refractivity contribution in [3.05, 3.63) is 100 Å². The fourth-order valence-electron chi connectivity index (χ4n) is 3.30. The zero-order valence-electron chi connectivity index (χ0n) is 14.4. The van der Waals surface area contributed by atoms with Crippen molar-refractivity contribution in [2.75, 3.05) is 0 Å². The number of carbonyl (C=O) groups is 1. The van der Waals surface area contributed by atoms with Crippen molar-refractivity contribution in [3.8, 4) is 0 Å². The molecule has 2 N–H and O–H groups in total. The second kappa shape index (κ2) is 7.01. The minimum Gasteiger partial charge on any atom is -0.619 e. The maximum atomic E-state index is 11.8. The Morgan fingerprint density at radius 2 is 1.78 bits per heavy atom. The van der Waals surface area contributed by atoms with Crippen LogP contribution in [0.15, 0.2) is 72.0 Å². The first-order valence-corrected chi connectivity index (χ1v) is 8.59. The standard InChI is InChI=1S/C21H17N3O3/c25-21(23-26)16-8-6-15(7-9-16)20-18-11-12-24(27)13-17(18)10-5-14-3-1-2-4-19(14)22-20/h1-4,6-9,11-13,26H,5,10H2,(H,23,25)/b22-20-. The van der Waals surface area contributed by atoms with E-state index >= 15 is 0 Å². The SMILES string of the molecule is O=C(NO)c1ccc(/C2=N/c3ccccc3CCc3c[n+]([O-])ccc32)cc1. The van der Waals surface area contributed by atoms with Crippen LogP contribution in [0.25, 0.3) is 0 Å². The van der Waals surface area contributed by atoms with Crippen molar-refractivity contribution in [1.29, 1.82) is 0 Å². The van der Waals surface area contributed by atoms with Crippen LogP contribution < -0.4 is 10.2 Å². The summed E-state index contributed by atoms with van der Waals surface area (Å²) in [5.74, 6) is -0.570. The highest BCUT2D eigenvalue weighted by Gasteiger charge is 2.19. The van der Waals surface area contributed by atoms with Gasteiger partial charge in [-0.25, -0.2) is 10.5 Å². The fraction of sp³-hybridized carbons (Fsp3) is 0.0952. The molecule has 0 fully saturated rings. The van der Waals surface area contributed by atoms with E-state index in [9.17, 15) is 10.0 Å². The van der Waals surface area contributed by atoms with Crippen LogP contribution in [0, 0.1) is 5.21 Å². The molecule has 1 aliphatic heterocycles. The molecule has 2 aromatic carbocycles. The molecule has 0 atom stereocenters. The van der Waals surface area contributed by atoms with Crippen LogP contribution in [0.2, 0.25) is 0 Å². The molecular weight excluding hydrogens is 342 g/mol. The van der Waals surface area contributed by atoms with Gasteiger partial charge in [0.05, 0.1) is 11.4 Å². The molecule has 27 heavy (non-hydrogen) atoms. The van der Waals surface area contributed by atoms with E-state index in [0.717, 1.165) is 51.2 Å². The van der Waals surface area contributed by atoms with E-state index in [0.29, 0.717) is 5.56 Å². The summed E-state index contributed by atoms with van der Waals surface area (Å²) < 4.78 is 0.804. The summed E-state index contributed by atoms with van der Waals surface area (Å²) in [6.45, 7) is 0. The lowest BCUT2D eigenvalue weighted by atomic mass is 9.92. The van der Waals surface area contributed by atoms with Crippen LogP contribution in [-0.4, -0.2) is 16.8 Å². The molecule has 134 valence electrons. The van der Waals surface area contributed by atoms with Crippen LogP contribution in [0.3, 0.4) is 0 Å². The number of rotatable bonds is 2. The molecule has 6 heteroatoms. The Morgan fingerprint density at radius 1 is 1.04 bits per heavy atom. The van der Waals surface area contributed by atoms with Crippen LogP contribution >= 0.6 is 0 Å². The quantitative estimate of drug-likeness (QED) is 0.319. The van der Waals surface area contributed by atoms with E-state index in [1.165, 1.54) is 6.20 Å². The lowest BCUT2D eigenvalue weighted by molar-refractivity contribution is -0.605. The van der Waals surface area contributed by atoms with E-state index in [1.807, 2.05) is 24.3 Å². The number of para-hydroxylation sites is 1. The molecule has 1 aliphatic rings. The van der Waals surface area contributed by atoms with E-state index in [1.54, 1.807) is 42.0 Å². The summed E-state index contributed by atoms with van der Waals surface area (Å²) >= 11 is 0. The smallest absolute Gasteiger partial charge is 0.274 e. The van der Waals surface area contributed by atoms with Gasteiger partial charge in [-0.15, -0.1) is 0 Å². The summed E-state index contributed by atoms with van der Waals surface area (Å²) in [5, 5.41) is 20.6. The molecule has 1 amide bonds. The third-order valence-electron chi connectivity index (χ3n) is 4.68. The average molecular weight is 359 g/mol. The van der Waals surface area contributed by atoms with Gasteiger partial charge in [-0.2, -0.15) is 4.73 Å². The molecule has 0 radical (unpaired) electrons. The summed E-state index contributed by atoms with van der Waals surface area (Å²) in [7, 11) is 0. The highest BCUT2D eigenvalue weighted by Crippen LogP contribution is 2.28. The van der Waals surface area contributed by atoms with Crippen molar-refractivity contribution >= 4 is 17.3 Å². The molecule has 4 rings (SSSR count). The predicted octanol–water partition coefficient (Wildman–Crippen LogP) is 2.71. The predicted molar refractivity (Wildman–Crippen MR) is 100 cm³/mol. The summed E-state index contributed by atoms with van der Waals surface area (Å²) in [6, 6.07) is 16.6. The molecule has 3 aromatic rings. The van der Waals surface area contributed by atoms with E-state index < -0.39 is 5.91 Å². The van der Waals surface area contributed by atoms with Gasteiger partial charge in [0.1, 0.15) is 0 Å². The molecule has 0 bridgehead atoms. The van der Waals surface area contributed by atoms with Crippen molar-refractivity contribution in [2.24, 2.45) is 4.99 Å². The monoisotopic (exact) mass is 359 g/mol. The van der Waals surface area contributed by atoms with Crippen LogP contribution in [0.4, 0.5) is 5.69 Å². The Kier molecular flexibility index (Phi) is 4.40. The van der Waals surface area contributed by atoms with Crippen LogP contribution in [-0.2, 0) is 12.8 Å². The number of hydrogen-bond acceptors (Lipinski definition) is 4. The summed E-state index contributed by atoms with van der Waals surface area (Å²) in [6.07, 6.45) is 4.60. The van der Waals surface area contributed by atoms with Gasteiger partial charge in [-0.3, -0.25) is 10.0 Å². The molecule has 2 heterocycles. The molecule has 1 aromatic heterocycles. The number of hydrogen-bond donors (Lipinski definition) is 2. The summed E-state index contributed by atoms with van der Waals surface area (Å²) in [4.78, 5) is 16.5. The zero-order valence-corrected chi connectivity index (χ0v) is 14.4. The average Bonchev–Trinajstić information content (AvgIpc) is 2.69. The third-order valence-corrected chi connectivity index (χ3v) is 4.68. The van der Waals surface area contributed by atoms with Crippen molar-refractivity contribution in [3.63, 3.8) is 0 Å². The lowest BCUT2D eigenvalue weighted by Gasteiger charge is -2.17. The maximum Gasteiger partial charge on any atom is 0.274 e. The number of nitrogens with one attached hydrogen (secondary N) is 1. The Hall–Kier alpha value is -3.51. The number of aliphatic imine (C=N–C) groups is 1. The topological polar surface area (TPSA) is 88.6 Å². The second-order valence-corrected chi connectivity index (χ2v) is 6.35. The summed E-state index contributed by atoms with van der Waals surface area (Å²) in [5.41, 5.74) is 7.39. The zero-order chi connectivity index (χ0) is 18.8. The number of carbonyl (C=O) groups excluding carboxylic acids is 1. The molecule has 0 unspecified atom stereocenters. The number of benzene rings is 2. The minimum absolute atomic E-state index is 0.346. The van der Waals surface area contributed by atoms with E-state index in [2.05, 4.69) is 0 Å². The third kappa shape index (κ3) is 3.30. The maximum absolute atomic E-state index is 11.8. The number of aryl methyl sites for hydroxylation is 2. The number of aromatic nitrogens is 1. The molecule has 6 nitrogen and oxygen atoms in total. The first-order valence-electron chi connectivity index (χ1n) is 8.59. The second-order valence-electron chi connectivity index (χ2n) is 6.35. The highest BCUT2D eigenvalue weighted by molar-refractivity contribution is 6.15. The van der Waals surface area contributed by atoms with Crippen LogP contribution in [0.5, 0.6) is 0 Å². The molecule has 0 saturated heterocycles. The van der Waals surface area contributed by atoms with Gasteiger partial charge in [-0.1, -0.05) is 30.3 Å². The Balaban J connectivity index is 1.89. The van der Waals surface area contributed by atoms with Crippen molar-refractivity contribution in [2.45, 2.75) is 12.8 Å². The van der Waals surface area contributed by atoms with Crippen molar-refractivity contribution in [1.82, 2.24) is 5.48 Å². The number of pyridine rings is 1. The van der Waals surface area contributed by atoms with Gasteiger partial charge in [-0.05, 0) is 36.6 Å². The molecule has 0 aliphatic carbocycles. The number of fused-ring (bicyclic) bond motifs is 2. The van der Waals surface area contributed by atoms with Crippen molar-refractivity contribution < 1.29 is 14.7 Å². The first kappa shape index (κ1) is 16.9. The van der Waals surface area contributed by atoms with Gasteiger partial charge in [0.25, 0.3) is 5.91 Å². The Labute approximate surface area is 156 Å². The van der Waals surface area contributed by atoms with E-state index in [-0.39, 0.29) is 0 Å². The molecular formula is C21H17N3O3. The molecule has 0 saturated carbocycles. The van der Waals surface area contributed by atoms with Crippen LogP contribution in [0.1, 0.15) is 32.6 Å². The lowest BCUT2D eigenvalue weighted by Crippen LogP contribution is -2.27. The largest absolute Gasteiger partial charge is 0.619 e. The Bertz CT molecular complexity index is 1040. The highest BCUT2D eigenvalue weighted by atomic mass is 16.5. The number of hydroxylamine groups is 1. The van der Waals surface area contributed by atoms with Gasteiger partial charge < -0.3 is 5.21 Å². The van der Waals surface area contributed by atoms with E-state index in [4.69, 9.17) is 10.2 Å². The normalized spacial score (nSPS) is 14.8. The van der Waals surface area contributed by atoms with Gasteiger partial charge >= 0.3 is 0 Å². The number of amides is 1. The fourth-order valence-corrected chi connectivity index (χ4v) is 3.30. The Morgan fingerprint density at radius 3 is 2.56 bits per heavy atom. The molecule has 0 spiro atoms. The first-order chi connectivity index (χ1) is 13.2. The van der Waals surface area contributed by atoms with Gasteiger partial charge in [0.2, 0.25) is 0 Å². The number of nitrogens with zero attached hydrogens (tertiary/aromatic N) is 2. The van der Waals surface area contributed by atoms with Gasteiger partial charge in [0.15, 0.2) is 12.4 Å². The van der Waals surface area contributed by atoms with Gasteiger partial charge in [0, 0.05) is 28.3 Å². The minimum atomic E-state index is -0.570.